The number of oxazole rings is 1. The molecule has 6 heteroatoms. The van der Waals surface area contributed by atoms with Gasteiger partial charge in [-0.1, -0.05) is 0 Å². The van der Waals surface area contributed by atoms with Crippen molar-refractivity contribution in [3.05, 3.63) is 41.6 Å². The van der Waals surface area contributed by atoms with Crippen molar-refractivity contribution in [2.45, 2.75) is 45.8 Å². The molecular formula is C18H22N2O4. The summed E-state index contributed by atoms with van der Waals surface area (Å²) in [4.78, 5) is 16.2. The zero-order chi connectivity index (χ0) is 16.9. The Balaban J connectivity index is 1.55. The molecule has 1 amide bonds. The second-order valence-electron chi connectivity index (χ2n) is 5.90. The molecule has 1 aromatic carbocycles. The van der Waals surface area contributed by atoms with E-state index in [0.717, 1.165) is 37.3 Å². The molecule has 1 aliphatic heterocycles. The predicted molar refractivity (Wildman–Crippen MR) is 88.0 cm³/mol. The van der Waals surface area contributed by atoms with Crippen molar-refractivity contribution in [1.82, 2.24) is 10.3 Å². The van der Waals surface area contributed by atoms with Crippen LogP contribution in [0.5, 0.6) is 11.5 Å². The lowest BCUT2D eigenvalue weighted by Gasteiger charge is -2.16. The number of hydrogen-bond acceptors (Lipinski definition) is 5. The van der Waals surface area contributed by atoms with Gasteiger partial charge in [0, 0.05) is 6.54 Å². The second kappa shape index (κ2) is 7.38. The van der Waals surface area contributed by atoms with Crippen molar-refractivity contribution in [3.8, 4) is 11.5 Å². The van der Waals surface area contributed by atoms with Crippen LogP contribution in [0.25, 0.3) is 0 Å². The van der Waals surface area contributed by atoms with Crippen molar-refractivity contribution < 1.29 is 18.7 Å². The average molecular weight is 330 g/mol. The van der Waals surface area contributed by atoms with E-state index in [4.69, 9.17) is 13.9 Å². The monoisotopic (exact) mass is 330 g/mol. The molecule has 128 valence electrons. The van der Waals surface area contributed by atoms with E-state index in [1.54, 1.807) is 12.1 Å². The zero-order valence-electron chi connectivity index (χ0n) is 14.0. The van der Waals surface area contributed by atoms with Gasteiger partial charge in [0.2, 0.25) is 5.89 Å². The smallest absolute Gasteiger partial charge is 0.261 e. The predicted octanol–water partition coefficient (Wildman–Crippen LogP) is 2.92. The Hall–Kier alpha value is -2.50. The summed E-state index contributed by atoms with van der Waals surface area (Å²) in [6, 6.07) is 7.23. The van der Waals surface area contributed by atoms with Crippen LogP contribution >= 0.6 is 0 Å². The minimum atomic E-state index is -0.419. The number of benzene rings is 1. The van der Waals surface area contributed by atoms with Crippen molar-refractivity contribution in [2.75, 3.05) is 6.54 Å². The summed E-state index contributed by atoms with van der Waals surface area (Å²) in [5, 5.41) is 2.87. The zero-order valence-corrected chi connectivity index (χ0v) is 14.0. The topological polar surface area (TPSA) is 73.6 Å². The van der Waals surface area contributed by atoms with Gasteiger partial charge >= 0.3 is 0 Å². The summed E-state index contributed by atoms with van der Waals surface area (Å²) < 4.78 is 16.9. The van der Waals surface area contributed by atoms with Crippen LogP contribution < -0.4 is 14.8 Å². The molecule has 1 N–H and O–H groups in total. The third-order valence-corrected chi connectivity index (χ3v) is 4.02. The number of aromatic nitrogens is 1. The van der Waals surface area contributed by atoms with E-state index in [9.17, 15) is 4.79 Å². The standard InChI is InChI=1S/C18H22N2O4/c1-12-13(2)23-17(20-12)11-22-14-6-8-15(9-7-14)24-16-5-3-4-10-19-18(16)21/h6-9,16H,3-5,10-11H2,1-2H3,(H,19,21). The Labute approximate surface area is 141 Å². The van der Waals surface area contributed by atoms with E-state index in [0.29, 0.717) is 17.4 Å². The minimum Gasteiger partial charge on any atom is -0.484 e. The largest absolute Gasteiger partial charge is 0.484 e. The van der Waals surface area contributed by atoms with Crippen molar-refractivity contribution >= 4 is 5.91 Å². The molecule has 1 atom stereocenters. The van der Waals surface area contributed by atoms with Gasteiger partial charge in [-0.3, -0.25) is 4.79 Å². The molecule has 2 aromatic rings. The Morgan fingerprint density at radius 1 is 1.21 bits per heavy atom. The first-order chi connectivity index (χ1) is 11.6. The molecule has 0 spiro atoms. The van der Waals surface area contributed by atoms with E-state index >= 15 is 0 Å². The van der Waals surface area contributed by atoms with E-state index in [-0.39, 0.29) is 12.5 Å². The molecule has 2 heterocycles. The third-order valence-electron chi connectivity index (χ3n) is 4.02. The first-order valence-corrected chi connectivity index (χ1v) is 8.22. The summed E-state index contributed by atoms with van der Waals surface area (Å²) in [5.74, 6) is 2.68. The number of carbonyl (C=O) groups excluding carboxylic acids is 1. The molecule has 1 aliphatic rings. The Bertz CT molecular complexity index is 674. The van der Waals surface area contributed by atoms with Crippen LogP contribution in [0.3, 0.4) is 0 Å². The molecule has 0 aliphatic carbocycles. The van der Waals surface area contributed by atoms with Crippen molar-refractivity contribution in [3.63, 3.8) is 0 Å². The second-order valence-corrected chi connectivity index (χ2v) is 5.90. The number of nitrogens with one attached hydrogen (secondary N) is 1. The highest BCUT2D eigenvalue weighted by molar-refractivity contribution is 5.81. The maximum Gasteiger partial charge on any atom is 0.261 e. The molecule has 1 aromatic heterocycles. The maximum atomic E-state index is 11.9. The number of rotatable bonds is 5. The molecular weight excluding hydrogens is 308 g/mol. The van der Waals surface area contributed by atoms with Crippen LogP contribution in [0.4, 0.5) is 0 Å². The number of aryl methyl sites for hydroxylation is 2. The Kier molecular flexibility index (Phi) is 5.03. The molecule has 3 rings (SSSR count). The Morgan fingerprint density at radius 2 is 1.96 bits per heavy atom. The summed E-state index contributed by atoms with van der Waals surface area (Å²) in [5.41, 5.74) is 0.874. The van der Waals surface area contributed by atoms with E-state index in [1.165, 1.54) is 0 Å². The SMILES string of the molecule is Cc1nc(COc2ccc(OC3CCCCNC3=O)cc2)oc1C. The highest BCUT2D eigenvalue weighted by atomic mass is 16.5. The quantitative estimate of drug-likeness (QED) is 0.912. The lowest BCUT2D eigenvalue weighted by Crippen LogP contribution is -2.36. The summed E-state index contributed by atoms with van der Waals surface area (Å²) in [6.07, 6.45) is 2.31. The molecule has 24 heavy (non-hydrogen) atoms. The number of nitrogens with zero attached hydrogens (tertiary/aromatic N) is 1. The molecule has 0 saturated carbocycles. The number of carbonyl (C=O) groups is 1. The first-order valence-electron chi connectivity index (χ1n) is 8.22. The molecule has 0 bridgehead atoms. The molecule has 1 unspecified atom stereocenters. The average Bonchev–Trinajstić information content (AvgIpc) is 2.76. The fraction of sp³-hybridized carbons (Fsp3) is 0.444. The molecule has 1 saturated heterocycles. The van der Waals surface area contributed by atoms with Gasteiger partial charge in [0.15, 0.2) is 12.7 Å². The summed E-state index contributed by atoms with van der Waals surface area (Å²) in [6.45, 7) is 4.78. The van der Waals surface area contributed by atoms with Crippen molar-refractivity contribution in [2.24, 2.45) is 0 Å². The lowest BCUT2D eigenvalue weighted by atomic mass is 10.2. The van der Waals surface area contributed by atoms with Gasteiger partial charge in [-0.2, -0.15) is 0 Å². The first kappa shape index (κ1) is 16.4. The highest BCUT2D eigenvalue weighted by Gasteiger charge is 2.22. The summed E-state index contributed by atoms with van der Waals surface area (Å²) in [7, 11) is 0. The minimum absolute atomic E-state index is 0.0394. The van der Waals surface area contributed by atoms with E-state index < -0.39 is 6.10 Å². The third kappa shape index (κ3) is 4.07. The molecule has 0 radical (unpaired) electrons. The van der Waals surface area contributed by atoms with Gasteiger partial charge < -0.3 is 19.2 Å². The van der Waals surface area contributed by atoms with Crippen LogP contribution in [0.15, 0.2) is 28.7 Å². The van der Waals surface area contributed by atoms with E-state index in [2.05, 4.69) is 10.3 Å². The van der Waals surface area contributed by atoms with Gasteiger partial charge in [0.05, 0.1) is 5.69 Å². The highest BCUT2D eigenvalue weighted by Crippen LogP contribution is 2.21. The van der Waals surface area contributed by atoms with Gasteiger partial charge in [0.25, 0.3) is 5.91 Å². The number of amides is 1. The maximum absolute atomic E-state index is 11.9. The van der Waals surface area contributed by atoms with Crippen LogP contribution in [0.2, 0.25) is 0 Å². The van der Waals surface area contributed by atoms with Gasteiger partial charge in [0.1, 0.15) is 17.3 Å². The fourth-order valence-corrected chi connectivity index (χ4v) is 2.55. The van der Waals surface area contributed by atoms with E-state index in [1.807, 2.05) is 26.0 Å². The van der Waals surface area contributed by atoms with Gasteiger partial charge in [-0.05, 0) is 57.4 Å². The van der Waals surface area contributed by atoms with Gasteiger partial charge in [-0.25, -0.2) is 4.98 Å². The Morgan fingerprint density at radius 3 is 2.67 bits per heavy atom. The van der Waals surface area contributed by atoms with Crippen LogP contribution in [0.1, 0.15) is 36.6 Å². The number of ether oxygens (including phenoxy) is 2. The van der Waals surface area contributed by atoms with Crippen LogP contribution in [-0.4, -0.2) is 23.5 Å². The lowest BCUT2D eigenvalue weighted by molar-refractivity contribution is -0.127. The normalized spacial score (nSPS) is 17.9. The van der Waals surface area contributed by atoms with Crippen molar-refractivity contribution in [1.29, 1.82) is 0 Å². The molecule has 1 fully saturated rings. The molecule has 6 nitrogen and oxygen atoms in total. The fourth-order valence-electron chi connectivity index (χ4n) is 2.55. The summed E-state index contributed by atoms with van der Waals surface area (Å²) >= 11 is 0. The number of hydrogen-bond donors (Lipinski definition) is 1. The van der Waals surface area contributed by atoms with Gasteiger partial charge in [-0.15, -0.1) is 0 Å². The van der Waals surface area contributed by atoms with Crippen LogP contribution in [0, 0.1) is 13.8 Å². The van der Waals surface area contributed by atoms with Crippen LogP contribution in [-0.2, 0) is 11.4 Å².